The van der Waals surface area contributed by atoms with Gasteiger partial charge in [-0.15, -0.1) is 0 Å². The molecule has 6 nitrogen and oxygen atoms in total. The van der Waals surface area contributed by atoms with Crippen LogP contribution in [0.2, 0.25) is 0 Å². The molecular formula is C24H28FN5O. The van der Waals surface area contributed by atoms with Crippen molar-refractivity contribution in [2.75, 3.05) is 39.3 Å². The molecule has 3 aromatic rings. The van der Waals surface area contributed by atoms with Crippen molar-refractivity contribution < 1.29 is 9.18 Å². The van der Waals surface area contributed by atoms with Gasteiger partial charge in [0.15, 0.2) is 5.69 Å². The summed E-state index contributed by atoms with van der Waals surface area (Å²) in [5.74, 6) is -0.607. The number of carbonyl (C=O) groups excluding carboxylic acids is 1. The lowest BCUT2D eigenvalue weighted by atomic mass is 10.2. The molecule has 1 N–H and O–H groups in total. The molecule has 162 valence electrons. The van der Waals surface area contributed by atoms with Crippen molar-refractivity contribution in [1.29, 1.82) is 0 Å². The number of nitrogens with one attached hydrogen (secondary N) is 1. The second-order valence-electron chi connectivity index (χ2n) is 7.81. The van der Waals surface area contributed by atoms with Crippen LogP contribution < -0.4 is 5.32 Å². The van der Waals surface area contributed by atoms with Gasteiger partial charge in [-0.3, -0.25) is 9.69 Å². The van der Waals surface area contributed by atoms with Gasteiger partial charge in [0.1, 0.15) is 11.5 Å². The minimum atomic E-state index is -0.374. The molecule has 1 aliphatic heterocycles. The van der Waals surface area contributed by atoms with Gasteiger partial charge < -0.3 is 10.2 Å². The lowest BCUT2D eigenvalue weighted by Crippen LogP contribution is -2.46. The van der Waals surface area contributed by atoms with Gasteiger partial charge in [0.25, 0.3) is 5.91 Å². The first-order valence-corrected chi connectivity index (χ1v) is 10.8. The molecule has 2 heterocycles. The third-order valence-corrected chi connectivity index (χ3v) is 5.57. The number of rotatable bonds is 8. The van der Waals surface area contributed by atoms with E-state index in [0.717, 1.165) is 45.7 Å². The highest BCUT2D eigenvalue weighted by atomic mass is 19.1. The van der Waals surface area contributed by atoms with Crippen molar-refractivity contribution in [3.8, 4) is 5.69 Å². The van der Waals surface area contributed by atoms with E-state index in [1.165, 1.54) is 16.3 Å². The topological polar surface area (TPSA) is 53.4 Å². The monoisotopic (exact) mass is 421 g/mol. The third kappa shape index (κ3) is 5.77. The maximum Gasteiger partial charge on any atom is 0.271 e. The SMILES string of the molecule is O=C(NCCCN1CCN(Cc2ccccc2)CC1)c1ccn(-c2ccccc2F)n1. The van der Waals surface area contributed by atoms with E-state index < -0.39 is 0 Å². The molecule has 0 aliphatic carbocycles. The molecule has 0 radical (unpaired) electrons. The molecule has 0 atom stereocenters. The Morgan fingerprint density at radius 3 is 2.42 bits per heavy atom. The number of aromatic nitrogens is 2. The predicted octanol–water partition coefficient (Wildman–Crippen LogP) is 2.95. The van der Waals surface area contributed by atoms with Gasteiger partial charge in [-0.2, -0.15) is 5.10 Å². The normalized spacial score (nSPS) is 15.1. The maximum absolute atomic E-state index is 13.9. The molecule has 0 unspecified atom stereocenters. The Hall–Kier alpha value is -3.03. The van der Waals surface area contributed by atoms with Crippen LogP contribution in [0.1, 0.15) is 22.5 Å². The van der Waals surface area contributed by atoms with Crippen LogP contribution in [0.25, 0.3) is 5.69 Å². The van der Waals surface area contributed by atoms with Crippen LogP contribution in [0.5, 0.6) is 0 Å². The highest BCUT2D eigenvalue weighted by Gasteiger charge is 2.17. The zero-order valence-corrected chi connectivity index (χ0v) is 17.6. The van der Waals surface area contributed by atoms with E-state index in [9.17, 15) is 9.18 Å². The Balaban J connectivity index is 1.15. The van der Waals surface area contributed by atoms with Gasteiger partial charge in [-0.25, -0.2) is 9.07 Å². The summed E-state index contributed by atoms with van der Waals surface area (Å²) in [4.78, 5) is 17.3. The van der Waals surface area contributed by atoms with E-state index in [2.05, 4.69) is 50.5 Å². The van der Waals surface area contributed by atoms with Crippen molar-refractivity contribution >= 4 is 5.91 Å². The molecule has 4 rings (SSSR count). The lowest BCUT2D eigenvalue weighted by Gasteiger charge is -2.34. The minimum Gasteiger partial charge on any atom is -0.351 e. The molecule has 0 saturated carbocycles. The van der Waals surface area contributed by atoms with Gasteiger partial charge in [0.05, 0.1) is 0 Å². The fourth-order valence-corrected chi connectivity index (χ4v) is 3.82. The molecular weight excluding hydrogens is 393 g/mol. The Morgan fingerprint density at radius 1 is 0.935 bits per heavy atom. The van der Waals surface area contributed by atoms with E-state index in [1.54, 1.807) is 30.5 Å². The largest absolute Gasteiger partial charge is 0.351 e. The van der Waals surface area contributed by atoms with Gasteiger partial charge in [-0.1, -0.05) is 42.5 Å². The van der Waals surface area contributed by atoms with Crippen LogP contribution in [-0.2, 0) is 6.54 Å². The molecule has 2 aromatic carbocycles. The molecule has 0 bridgehead atoms. The van der Waals surface area contributed by atoms with Crippen LogP contribution in [0.15, 0.2) is 66.9 Å². The lowest BCUT2D eigenvalue weighted by molar-refractivity contribution is 0.0941. The summed E-state index contributed by atoms with van der Waals surface area (Å²) in [6.07, 6.45) is 2.49. The second kappa shape index (κ2) is 10.3. The first-order chi connectivity index (χ1) is 15.2. The zero-order chi connectivity index (χ0) is 21.5. The number of hydrogen-bond donors (Lipinski definition) is 1. The van der Waals surface area contributed by atoms with Crippen LogP contribution >= 0.6 is 0 Å². The number of amides is 1. The van der Waals surface area contributed by atoms with Crippen LogP contribution in [0.4, 0.5) is 4.39 Å². The average Bonchev–Trinajstić information content (AvgIpc) is 3.29. The summed E-state index contributed by atoms with van der Waals surface area (Å²) >= 11 is 0. The van der Waals surface area contributed by atoms with Crippen molar-refractivity contribution in [1.82, 2.24) is 24.9 Å². The highest BCUT2D eigenvalue weighted by molar-refractivity contribution is 5.92. The van der Waals surface area contributed by atoms with E-state index in [4.69, 9.17) is 0 Å². The second-order valence-corrected chi connectivity index (χ2v) is 7.81. The fourth-order valence-electron chi connectivity index (χ4n) is 3.82. The van der Waals surface area contributed by atoms with Gasteiger partial charge in [0.2, 0.25) is 0 Å². The molecule has 7 heteroatoms. The number of nitrogens with zero attached hydrogens (tertiary/aromatic N) is 4. The molecule has 31 heavy (non-hydrogen) atoms. The Kier molecular flexibility index (Phi) is 7.07. The Morgan fingerprint density at radius 2 is 1.65 bits per heavy atom. The van der Waals surface area contributed by atoms with Crippen molar-refractivity contribution in [3.63, 3.8) is 0 Å². The van der Waals surface area contributed by atoms with Gasteiger partial charge in [-0.05, 0) is 36.7 Å². The number of hydrogen-bond acceptors (Lipinski definition) is 4. The number of benzene rings is 2. The van der Waals surface area contributed by atoms with Crippen LogP contribution in [0, 0.1) is 5.82 Å². The maximum atomic E-state index is 13.9. The highest BCUT2D eigenvalue weighted by Crippen LogP contribution is 2.12. The summed E-state index contributed by atoms with van der Waals surface area (Å²) in [5, 5.41) is 7.12. The summed E-state index contributed by atoms with van der Waals surface area (Å²) in [5.41, 5.74) is 1.97. The van der Waals surface area contributed by atoms with E-state index in [1.807, 2.05) is 0 Å². The van der Waals surface area contributed by atoms with E-state index in [-0.39, 0.29) is 17.4 Å². The standard InChI is InChI=1S/C24H28FN5O/c25-21-9-4-5-10-23(21)30-14-11-22(27-30)24(31)26-12-6-13-28-15-17-29(18-16-28)19-20-7-2-1-3-8-20/h1-5,7-11,14H,6,12-13,15-19H2,(H,26,31). The van der Waals surface area contributed by atoms with Crippen molar-refractivity contribution in [2.24, 2.45) is 0 Å². The first kappa shape index (κ1) is 21.2. The molecule has 1 aromatic heterocycles. The number of piperazine rings is 1. The first-order valence-electron chi connectivity index (χ1n) is 10.8. The van der Waals surface area contributed by atoms with Crippen LogP contribution in [-0.4, -0.2) is 64.8 Å². The predicted molar refractivity (Wildman–Crippen MR) is 119 cm³/mol. The number of para-hydroxylation sites is 1. The molecule has 1 amide bonds. The number of carbonyl (C=O) groups is 1. The van der Waals surface area contributed by atoms with Crippen LogP contribution in [0.3, 0.4) is 0 Å². The van der Waals surface area contributed by atoms with Gasteiger partial charge >= 0.3 is 0 Å². The molecule has 1 aliphatic rings. The summed E-state index contributed by atoms with van der Waals surface area (Å²) in [6.45, 7) is 6.79. The quantitative estimate of drug-likeness (QED) is 0.569. The summed E-state index contributed by atoms with van der Waals surface area (Å²) in [7, 11) is 0. The van der Waals surface area contributed by atoms with Gasteiger partial charge in [0, 0.05) is 45.5 Å². The van der Waals surface area contributed by atoms with E-state index >= 15 is 0 Å². The summed E-state index contributed by atoms with van der Waals surface area (Å²) < 4.78 is 15.3. The Bertz CT molecular complexity index is 982. The Labute approximate surface area is 182 Å². The number of halogens is 1. The van der Waals surface area contributed by atoms with Crippen molar-refractivity contribution in [3.05, 3.63) is 83.9 Å². The molecule has 1 saturated heterocycles. The summed E-state index contributed by atoms with van der Waals surface area (Å²) in [6, 6.07) is 18.5. The zero-order valence-electron chi connectivity index (χ0n) is 17.6. The third-order valence-electron chi connectivity index (χ3n) is 5.57. The fraction of sp³-hybridized carbons (Fsp3) is 0.333. The van der Waals surface area contributed by atoms with Crippen molar-refractivity contribution in [2.45, 2.75) is 13.0 Å². The average molecular weight is 422 g/mol. The minimum absolute atomic E-state index is 0.234. The molecule has 1 fully saturated rings. The smallest absolute Gasteiger partial charge is 0.271 e. The molecule has 0 spiro atoms. The van der Waals surface area contributed by atoms with E-state index in [0.29, 0.717) is 12.2 Å².